The van der Waals surface area contributed by atoms with E-state index < -0.39 is 23.5 Å². The molecule has 1 aromatic heterocycles. The first kappa shape index (κ1) is 21.4. The molecule has 1 aromatic carbocycles. The Labute approximate surface area is 171 Å². The van der Waals surface area contributed by atoms with Crippen molar-refractivity contribution in [3.05, 3.63) is 54.3 Å². The first-order valence-electron chi connectivity index (χ1n) is 9.04. The van der Waals surface area contributed by atoms with Gasteiger partial charge in [-0.3, -0.25) is 14.8 Å². The van der Waals surface area contributed by atoms with Crippen molar-refractivity contribution in [2.75, 3.05) is 13.7 Å². The van der Waals surface area contributed by atoms with Gasteiger partial charge in [0.2, 0.25) is 0 Å². The molecule has 1 aliphatic heterocycles. The molecule has 0 saturated heterocycles. The zero-order valence-electron chi connectivity index (χ0n) is 16.6. The summed E-state index contributed by atoms with van der Waals surface area (Å²) in [5, 5.41) is 4.91. The van der Waals surface area contributed by atoms with E-state index in [0.29, 0.717) is 17.1 Å². The smallest absolute Gasteiger partial charge is 0.432 e. The van der Waals surface area contributed by atoms with Crippen LogP contribution in [0.3, 0.4) is 0 Å². The quantitative estimate of drug-likeness (QED) is 0.691. The normalized spacial score (nSPS) is 16.3. The van der Waals surface area contributed by atoms with Crippen molar-refractivity contribution in [3.63, 3.8) is 0 Å². The van der Waals surface area contributed by atoms with Crippen molar-refractivity contribution >= 4 is 5.97 Å². The maximum atomic E-state index is 12.7. The van der Waals surface area contributed by atoms with Gasteiger partial charge in [-0.15, -0.1) is 0 Å². The topological polar surface area (TPSA) is 85.4 Å². The molecule has 0 spiro atoms. The van der Waals surface area contributed by atoms with Gasteiger partial charge in [0.25, 0.3) is 0 Å². The van der Waals surface area contributed by atoms with E-state index in [0.717, 1.165) is 11.8 Å². The highest BCUT2D eigenvalue weighted by atomic mass is 19.4. The highest BCUT2D eigenvalue weighted by Gasteiger charge is 2.38. The first-order chi connectivity index (χ1) is 14.1. The fourth-order valence-corrected chi connectivity index (χ4v) is 2.69. The summed E-state index contributed by atoms with van der Waals surface area (Å²) in [5.74, 6) is 0.212. The summed E-state index contributed by atoms with van der Waals surface area (Å²) < 4.78 is 48.5. The second-order valence-electron chi connectivity index (χ2n) is 7.31. The van der Waals surface area contributed by atoms with Crippen LogP contribution in [0.4, 0.5) is 13.2 Å². The van der Waals surface area contributed by atoms with E-state index in [4.69, 9.17) is 9.47 Å². The highest BCUT2D eigenvalue weighted by molar-refractivity contribution is 5.75. The van der Waals surface area contributed by atoms with Gasteiger partial charge in [0.1, 0.15) is 29.9 Å². The summed E-state index contributed by atoms with van der Waals surface area (Å²) in [6, 6.07) is 7.02. The molecular formula is C20H21F3N4O3. The van der Waals surface area contributed by atoms with Crippen molar-refractivity contribution in [3.8, 4) is 17.0 Å². The summed E-state index contributed by atoms with van der Waals surface area (Å²) in [6.07, 6.45) is -1.47. The number of alkyl halides is 3. The van der Waals surface area contributed by atoms with Crippen molar-refractivity contribution in [2.45, 2.75) is 26.2 Å². The van der Waals surface area contributed by atoms with Crippen LogP contribution < -0.4 is 15.4 Å². The molecule has 0 radical (unpaired) electrons. The lowest BCUT2D eigenvalue weighted by Gasteiger charge is -2.21. The number of halogens is 3. The SMILES string of the molecule is COC(=O)C(C)(C)COc1ccc(-c2cnc(C3NC=C(C(F)(F)F)N3)cn2)cc1. The summed E-state index contributed by atoms with van der Waals surface area (Å²) in [6.45, 7) is 3.61. The number of carbonyl (C=O) groups excluding carboxylic acids is 1. The number of esters is 1. The minimum Gasteiger partial charge on any atom is -0.492 e. The van der Waals surface area contributed by atoms with Crippen LogP contribution in [-0.2, 0) is 9.53 Å². The summed E-state index contributed by atoms with van der Waals surface area (Å²) >= 11 is 0. The van der Waals surface area contributed by atoms with Crippen LogP contribution in [0.25, 0.3) is 11.3 Å². The third kappa shape index (κ3) is 4.81. The first-order valence-corrected chi connectivity index (χ1v) is 9.04. The second-order valence-corrected chi connectivity index (χ2v) is 7.31. The number of methoxy groups -OCH3 is 1. The van der Waals surface area contributed by atoms with Crippen LogP contribution in [-0.4, -0.2) is 35.8 Å². The molecule has 0 amide bonds. The van der Waals surface area contributed by atoms with Gasteiger partial charge in [0, 0.05) is 11.8 Å². The lowest BCUT2D eigenvalue weighted by Crippen LogP contribution is -2.32. The number of allylic oxidation sites excluding steroid dienone is 1. The molecular weight excluding hydrogens is 401 g/mol. The molecule has 7 nitrogen and oxygen atoms in total. The Bertz CT molecular complexity index is 926. The summed E-state index contributed by atoms with van der Waals surface area (Å²) in [4.78, 5) is 20.2. The fourth-order valence-electron chi connectivity index (χ4n) is 2.69. The third-order valence-electron chi connectivity index (χ3n) is 4.45. The Hall–Kier alpha value is -3.30. The molecule has 1 atom stereocenters. The van der Waals surface area contributed by atoms with Crippen LogP contribution in [0.5, 0.6) is 5.75 Å². The molecule has 0 fully saturated rings. The zero-order chi connectivity index (χ0) is 21.9. The molecule has 3 rings (SSSR count). The predicted molar refractivity (Wildman–Crippen MR) is 102 cm³/mol. The van der Waals surface area contributed by atoms with Gasteiger partial charge in [-0.25, -0.2) is 0 Å². The molecule has 2 heterocycles. The van der Waals surface area contributed by atoms with E-state index in [1.807, 2.05) is 0 Å². The number of hydrogen-bond acceptors (Lipinski definition) is 7. The summed E-state index contributed by atoms with van der Waals surface area (Å²) in [7, 11) is 1.33. The van der Waals surface area contributed by atoms with Crippen LogP contribution in [0.1, 0.15) is 25.7 Å². The van der Waals surface area contributed by atoms with Gasteiger partial charge < -0.3 is 20.1 Å². The van der Waals surface area contributed by atoms with E-state index >= 15 is 0 Å². The van der Waals surface area contributed by atoms with Gasteiger partial charge in [-0.2, -0.15) is 13.2 Å². The molecule has 0 aliphatic carbocycles. The Kier molecular flexibility index (Phi) is 5.86. The van der Waals surface area contributed by atoms with Crippen LogP contribution in [0, 0.1) is 5.41 Å². The van der Waals surface area contributed by atoms with Crippen molar-refractivity contribution in [2.24, 2.45) is 5.41 Å². The fraction of sp³-hybridized carbons (Fsp3) is 0.350. The second kappa shape index (κ2) is 8.21. The molecule has 1 aliphatic rings. The van der Waals surface area contributed by atoms with E-state index in [2.05, 4.69) is 20.6 Å². The van der Waals surface area contributed by atoms with Gasteiger partial charge in [-0.05, 0) is 38.1 Å². The van der Waals surface area contributed by atoms with Crippen LogP contribution in [0.15, 0.2) is 48.6 Å². The lowest BCUT2D eigenvalue weighted by molar-refractivity contribution is -0.152. The Morgan fingerprint density at radius 1 is 1.13 bits per heavy atom. The Balaban J connectivity index is 1.61. The molecule has 30 heavy (non-hydrogen) atoms. The number of rotatable bonds is 6. The number of aromatic nitrogens is 2. The number of benzene rings is 1. The maximum absolute atomic E-state index is 12.7. The number of ether oxygens (including phenoxy) is 2. The standard InChI is InChI=1S/C20H21F3N4O3/c1-19(2,18(28)29-3)11-30-13-6-4-12(5-7-13)14-8-25-15(9-24-14)17-26-10-16(27-17)20(21,22)23/h4-10,17,26-27H,11H2,1-3H3. The monoisotopic (exact) mass is 422 g/mol. The predicted octanol–water partition coefficient (Wildman–Crippen LogP) is 3.32. The molecule has 0 saturated carbocycles. The van der Waals surface area contributed by atoms with E-state index in [1.165, 1.54) is 19.5 Å². The maximum Gasteiger partial charge on any atom is 0.432 e. The number of nitrogens with one attached hydrogen (secondary N) is 2. The van der Waals surface area contributed by atoms with E-state index in [9.17, 15) is 18.0 Å². The van der Waals surface area contributed by atoms with Gasteiger partial charge in [0.15, 0.2) is 0 Å². The third-order valence-corrected chi connectivity index (χ3v) is 4.45. The molecule has 160 valence electrons. The molecule has 2 N–H and O–H groups in total. The summed E-state index contributed by atoms with van der Waals surface area (Å²) in [5.41, 5.74) is 0.0126. The largest absolute Gasteiger partial charge is 0.492 e. The molecule has 10 heteroatoms. The van der Waals surface area contributed by atoms with E-state index in [-0.39, 0.29) is 12.6 Å². The molecule has 2 aromatic rings. The Morgan fingerprint density at radius 2 is 1.83 bits per heavy atom. The highest BCUT2D eigenvalue weighted by Crippen LogP contribution is 2.28. The van der Waals surface area contributed by atoms with Crippen LogP contribution in [0.2, 0.25) is 0 Å². The van der Waals surface area contributed by atoms with Gasteiger partial charge >= 0.3 is 12.1 Å². The minimum absolute atomic E-state index is 0.156. The van der Waals surface area contributed by atoms with E-state index in [1.54, 1.807) is 38.1 Å². The number of hydrogen-bond donors (Lipinski definition) is 2. The number of nitrogens with zero attached hydrogens (tertiary/aromatic N) is 2. The van der Waals surface area contributed by atoms with Crippen molar-refractivity contribution in [1.82, 2.24) is 20.6 Å². The van der Waals surface area contributed by atoms with Crippen LogP contribution >= 0.6 is 0 Å². The molecule has 1 unspecified atom stereocenters. The Morgan fingerprint density at radius 3 is 2.37 bits per heavy atom. The number of carbonyl (C=O) groups is 1. The van der Waals surface area contributed by atoms with Gasteiger partial charge in [0.05, 0.1) is 30.6 Å². The average molecular weight is 422 g/mol. The van der Waals surface area contributed by atoms with Crippen molar-refractivity contribution in [1.29, 1.82) is 0 Å². The average Bonchev–Trinajstić information content (AvgIpc) is 3.23. The zero-order valence-corrected chi connectivity index (χ0v) is 16.6. The van der Waals surface area contributed by atoms with Gasteiger partial charge in [-0.1, -0.05) is 0 Å². The van der Waals surface area contributed by atoms with Crippen molar-refractivity contribution < 1.29 is 27.4 Å². The molecule has 0 bridgehead atoms. The minimum atomic E-state index is -4.45. The lowest BCUT2D eigenvalue weighted by atomic mass is 9.95.